The first-order chi connectivity index (χ1) is 9.65. The summed E-state index contributed by atoms with van der Waals surface area (Å²) < 4.78 is 28.2. The molecule has 5 nitrogen and oxygen atoms in total. The molecule has 1 N–H and O–H groups in total. The van der Waals surface area contributed by atoms with Crippen LogP contribution < -0.4 is 4.74 Å². The van der Waals surface area contributed by atoms with Crippen LogP contribution in [-0.4, -0.2) is 26.8 Å². The van der Waals surface area contributed by atoms with Gasteiger partial charge in [0, 0.05) is 10.9 Å². The molecule has 0 aliphatic carbocycles. The molecule has 0 unspecified atom stereocenters. The second-order valence-corrected chi connectivity index (χ2v) is 4.28. The molecule has 102 valence electrons. The van der Waals surface area contributed by atoms with Gasteiger partial charge in [-0.1, -0.05) is 17.7 Å². The van der Waals surface area contributed by atoms with Crippen LogP contribution >= 0.6 is 11.6 Å². The number of aromatic amines is 1. The van der Waals surface area contributed by atoms with Crippen molar-refractivity contribution in [2.45, 2.75) is 6.61 Å². The van der Waals surface area contributed by atoms with Gasteiger partial charge in [0.15, 0.2) is 0 Å². The van der Waals surface area contributed by atoms with Crippen LogP contribution in [0.5, 0.6) is 5.88 Å². The summed E-state index contributed by atoms with van der Waals surface area (Å²) >= 11 is 6.03. The number of halogens is 3. The van der Waals surface area contributed by atoms with Crippen molar-refractivity contribution in [1.82, 2.24) is 20.2 Å². The van der Waals surface area contributed by atoms with Crippen LogP contribution in [0.25, 0.3) is 22.2 Å². The molecule has 1 aromatic carbocycles. The minimum absolute atomic E-state index is 0.235. The lowest BCUT2D eigenvalue weighted by atomic mass is 10.1. The summed E-state index contributed by atoms with van der Waals surface area (Å²) in [6, 6.07) is 3.46. The third-order valence-corrected chi connectivity index (χ3v) is 2.99. The Kier molecular flexibility index (Phi) is 3.19. The number of ether oxygens (including phenoxy) is 1. The van der Waals surface area contributed by atoms with Gasteiger partial charge < -0.3 is 4.74 Å². The molecule has 0 radical (unpaired) electrons. The molecule has 3 aromatic rings. The van der Waals surface area contributed by atoms with Crippen molar-refractivity contribution >= 4 is 22.5 Å². The number of nitrogens with one attached hydrogen (secondary N) is 1. The largest absolute Gasteiger partial charge is 0.415 e. The summed E-state index contributed by atoms with van der Waals surface area (Å²) in [5, 5.41) is 8.01. The Morgan fingerprint density at radius 1 is 1.15 bits per heavy atom. The molecular formula is C12H7ClF2N4O. The van der Waals surface area contributed by atoms with Crippen LogP contribution in [0.1, 0.15) is 0 Å². The summed E-state index contributed by atoms with van der Waals surface area (Å²) in [6.07, 6.45) is 4.11. The fourth-order valence-corrected chi connectivity index (χ4v) is 2.04. The summed E-state index contributed by atoms with van der Waals surface area (Å²) in [5.41, 5.74) is 1.93. The SMILES string of the molecule is FC(F)Oc1cnc(-c2ccc(Cl)c3[nH]ncc23)cn1. The molecule has 0 spiro atoms. The van der Waals surface area contributed by atoms with Gasteiger partial charge in [0.2, 0.25) is 5.88 Å². The van der Waals surface area contributed by atoms with Gasteiger partial charge in [0.1, 0.15) is 0 Å². The second kappa shape index (κ2) is 5.01. The maximum absolute atomic E-state index is 12.0. The lowest BCUT2D eigenvalue weighted by molar-refractivity contribution is -0.0530. The zero-order chi connectivity index (χ0) is 14.1. The molecule has 0 aliphatic heterocycles. The first-order valence-corrected chi connectivity index (χ1v) is 5.92. The van der Waals surface area contributed by atoms with E-state index in [-0.39, 0.29) is 5.88 Å². The molecule has 2 aromatic heterocycles. The van der Waals surface area contributed by atoms with Crippen LogP contribution in [-0.2, 0) is 0 Å². The molecule has 0 atom stereocenters. The Labute approximate surface area is 116 Å². The molecule has 0 saturated heterocycles. The minimum atomic E-state index is -2.92. The van der Waals surface area contributed by atoms with Crippen molar-refractivity contribution in [3.8, 4) is 17.1 Å². The number of hydrogen-bond donors (Lipinski definition) is 1. The van der Waals surface area contributed by atoms with E-state index in [1.807, 2.05) is 0 Å². The van der Waals surface area contributed by atoms with E-state index in [2.05, 4.69) is 24.9 Å². The van der Waals surface area contributed by atoms with Gasteiger partial charge in [-0.2, -0.15) is 13.9 Å². The highest BCUT2D eigenvalue weighted by molar-refractivity contribution is 6.35. The molecule has 3 rings (SSSR count). The standard InChI is InChI=1S/C12H7ClF2N4O/c13-8-2-1-6(7-3-18-19-11(7)8)9-4-17-10(5-16-9)20-12(14)15/h1-5,12H,(H,18,19). The monoisotopic (exact) mass is 296 g/mol. The number of benzene rings is 1. The van der Waals surface area contributed by atoms with E-state index in [4.69, 9.17) is 11.6 Å². The third kappa shape index (κ3) is 2.27. The number of hydrogen-bond acceptors (Lipinski definition) is 4. The van der Waals surface area contributed by atoms with Crippen LogP contribution in [0.4, 0.5) is 8.78 Å². The first-order valence-electron chi connectivity index (χ1n) is 5.54. The quantitative estimate of drug-likeness (QED) is 0.805. The first kappa shape index (κ1) is 12.7. The summed E-state index contributed by atoms with van der Waals surface area (Å²) in [6.45, 7) is -2.92. The number of fused-ring (bicyclic) bond motifs is 1. The zero-order valence-electron chi connectivity index (χ0n) is 9.85. The van der Waals surface area contributed by atoms with Gasteiger partial charge in [-0.3, -0.25) is 5.10 Å². The van der Waals surface area contributed by atoms with E-state index in [1.165, 1.54) is 6.20 Å². The van der Waals surface area contributed by atoms with Crippen molar-refractivity contribution < 1.29 is 13.5 Å². The highest BCUT2D eigenvalue weighted by Gasteiger charge is 2.11. The van der Waals surface area contributed by atoms with Crippen molar-refractivity contribution in [3.05, 3.63) is 35.7 Å². The smallest absolute Gasteiger partial charge is 0.388 e. The van der Waals surface area contributed by atoms with E-state index in [0.29, 0.717) is 16.2 Å². The molecule has 2 heterocycles. The molecule has 20 heavy (non-hydrogen) atoms. The van der Waals surface area contributed by atoms with E-state index in [9.17, 15) is 8.78 Å². The van der Waals surface area contributed by atoms with E-state index < -0.39 is 6.61 Å². The van der Waals surface area contributed by atoms with E-state index >= 15 is 0 Å². The van der Waals surface area contributed by atoms with Crippen molar-refractivity contribution in [2.75, 3.05) is 0 Å². The van der Waals surface area contributed by atoms with Crippen LogP contribution in [0.2, 0.25) is 5.02 Å². The Morgan fingerprint density at radius 3 is 2.70 bits per heavy atom. The molecule has 0 saturated carbocycles. The van der Waals surface area contributed by atoms with E-state index in [1.54, 1.807) is 18.3 Å². The van der Waals surface area contributed by atoms with Gasteiger partial charge in [0.05, 0.1) is 34.8 Å². The van der Waals surface area contributed by atoms with Crippen LogP contribution in [0.15, 0.2) is 30.7 Å². The van der Waals surface area contributed by atoms with Crippen molar-refractivity contribution in [1.29, 1.82) is 0 Å². The molecule has 0 aliphatic rings. The fourth-order valence-electron chi connectivity index (χ4n) is 1.83. The Hall–Kier alpha value is -2.28. The number of alkyl halides is 2. The lowest BCUT2D eigenvalue weighted by Crippen LogP contribution is -2.03. The van der Waals surface area contributed by atoms with E-state index in [0.717, 1.165) is 17.1 Å². The number of rotatable bonds is 3. The molecule has 0 amide bonds. The zero-order valence-corrected chi connectivity index (χ0v) is 10.6. The second-order valence-electron chi connectivity index (χ2n) is 3.87. The van der Waals surface area contributed by atoms with Crippen LogP contribution in [0.3, 0.4) is 0 Å². The Morgan fingerprint density at radius 2 is 2.00 bits per heavy atom. The normalized spacial score (nSPS) is 11.2. The molecule has 8 heteroatoms. The van der Waals surface area contributed by atoms with Gasteiger partial charge >= 0.3 is 6.61 Å². The molecule has 0 bridgehead atoms. The predicted molar refractivity (Wildman–Crippen MR) is 68.8 cm³/mol. The maximum atomic E-state index is 12.0. The van der Waals surface area contributed by atoms with Crippen molar-refractivity contribution in [3.63, 3.8) is 0 Å². The Balaban J connectivity index is 2.03. The van der Waals surface area contributed by atoms with Gasteiger partial charge in [-0.05, 0) is 6.07 Å². The average molecular weight is 297 g/mol. The summed E-state index contributed by atoms with van der Waals surface area (Å²) in [4.78, 5) is 7.84. The highest BCUT2D eigenvalue weighted by atomic mass is 35.5. The topological polar surface area (TPSA) is 63.7 Å². The summed E-state index contributed by atoms with van der Waals surface area (Å²) in [5.74, 6) is -0.235. The number of aromatic nitrogens is 4. The minimum Gasteiger partial charge on any atom is -0.415 e. The highest BCUT2D eigenvalue weighted by Crippen LogP contribution is 2.30. The Bertz CT molecular complexity index is 745. The predicted octanol–water partition coefficient (Wildman–Crippen LogP) is 3.27. The summed E-state index contributed by atoms with van der Waals surface area (Å²) in [7, 11) is 0. The molecule has 0 fully saturated rings. The number of H-pyrrole nitrogens is 1. The third-order valence-electron chi connectivity index (χ3n) is 2.68. The fraction of sp³-hybridized carbons (Fsp3) is 0.0833. The van der Waals surface area contributed by atoms with Gasteiger partial charge in [-0.15, -0.1) is 0 Å². The van der Waals surface area contributed by atoms with Crippen LogP contribution in [0, 0.1) is 0 Å². The lowest BCUT2D eigenvalue weighted by Gasteiger charge is -2.05. The maximum Gasteiger partial charge on any atom is 0.388 e. The van der Waals surface area contributed by atoms with Crippen molar-refractivity contribution in [2.24, 2.45) is 0 Å². The number of nitrogens with zero attached hydrogens (tertiary/aromatic N) is 3. The molecular weight excluding hydrogens is 290 g/mol. The average Bonchev–Trinajstić information content (AvgIpc) is 2.90. The van der Waals surface area contributed by atoms with Gasteiger partial charge in [0.25, 0.3) is 0 Å². The van der Waals surface area contributed by atoms with Gasteiger partial charge in [-0.25, -0.2) is 9.97 Å².